The molecule has 1 aromatic heterocycles. The Hall–Kier alpha value is -2.86. The van der Waals surface area contributed by atoms with E-state index in [9.17, 15) is 0 Å². The van der Waals surface area contributed by atoms with Gasteiger partial charge >= 0.3 is 0 Å². The summed E-state index contributed by atoms with van der Waals surface area (Å²) in [6, 6.07) is 14.1. The molecule has 2 N–H and O–H groups in total. The average Bonchev–Trinajstić information content (AvgIpc) is 2.74. The topological polar surface area (TPSA) is 79.5 Å². The highest BCUT2D eigenvalue weighted by Crippen LogP contribution is 2.36. The second kappa shape index (κ2) is 8.44. The third-order valence-corrected chi connectivity index (χ3v) is 5.12. The molecule has 1 saturated carbocycles. The molecule has 146 valence electrons. The Balaban J connectivity index is 1.57. The molecule has 3 aromatic rings. The van der Waals surface area contributed by atoms with Gasteiger partial charge < -0.3 is 19.9 Å². The van der Waals surface area contributed by atoms with E-state index in [1.165, 1.54) is 6.33 Å². The number of methoxy groups -OCH3 is 1. The molecule has 2 aromatic carbocycles. The summed E-state index contributed by atoms with van der Waals surface area (Å²) in [7, 11) is 1.63. The van der Waals surface area contributed by atoms with Gasteiger partial charge in [0.2, 0.25) is 5.88 Å². The summed E-state index contributed by atoms with van der Waals surface area (Å²) in [6.45, 7) is 0.458. The van der Waals surface area contributed by atoms with Gasteiger partial charge in [0.25, 0.3) is 0 Å². The Labute approximate surface area is 164 Å². The van der Waals surface area contributed by atoms with Crippen LogP contribution in [-0.2, 0) is 6.61 Å². The first-order valence-electron chi connectivity index (χ1n) is 9.64. The molecule has 0 spiro atoms. The fourth-order valence-corrected chi connectivity index (χ4v) is 3.51. The maximum atomic E-state index is 6.18. The zero-order valence-corrected chi connectivity index (χ0v) is 16.0. The van der Waals surface area contributed by atoms with Gasteiger partial charge in [-0.15, -0.1) is 0 Å². The molecule has 1 fully saturated rings. The molecule has 0 aliphatic heterocycles. The van der Waals surface area contributed by atoms with Crippen molar-refractivity contribution >= 4 is 10.9 Å². The van der Waals surface area contributed by atoms with Gasteiger partial charge in [0, 0.05) is 12.1 Å². The van der Waals surface area contributed by atoms with Crippen LogP contribution in [-0.4, -0.2) is 29.2 Å². The lowest BCUT2D eigenvalue weighted by atomic mass is 9.94. The lowest BCUT2D eigenvalue weighted by molar-refractivity contribution is 0.143. The molecule has 1 heterocycles. The zero-order valence-electron chi connectivity index (χ0n) is 16.0. The van der Waals surface area contributed by atoms with Crippen molar-refractivity contribution < 1.29 is 14.2 Å². The van der Waals surface area contributed by atoms with Gasteiger partial charge in [-0.05, 0) is 37.3 Å². The third kappa shape index (κ3) is 4.17. The summed E-state index contributed by atoms with van der Waals surface area (Å²) >= 11 is 0. The third-order valence-electron chi connectivity index (χ3n) is 5.12. The Morgan fingerprint density at radius 2 is 1.79 bits per heavy atom. The lowest BCUT2D eigenvalue weighted by Crippen LogP contribution is -2.31. The molecule has 0 atom stereocenters. The van der Waals surface area contributed by atoms with Crippen LogP contribution in [0.5, 0.6) is 17.4 Å². The molecule has 0 radical (unpaired) electrons. The van der Waals surface area contributed by atoms with Crippen molar-refractivity contribution in [3.63, 3.8) is 0 Å². The highest BCUT2D eigenvalue weighted by Gasteiger charge is 2.22. The van der Waals surface area contributed by atoms with Crippen molar-refractivity contribution in [2.75, 3.05) is 7.11 Å². The highest BCUT2D eigenvalue weighted by molar-refractivity contribution is 5.86. The number of aromatic nitrogens is 2. The van der Waals surface area contributed by atoms with Crippen LogP contribution in [0.2, 0.25) is 0 Å². The molecule has 4 rings (SSSR count). The summed E-state index contributed by atoms with van der Waals surface area (Å²) < 4.78 is 17.7. The van der Waals surface area contributed by atoms with Gasteiger partial charge in [0.1, 0.15) is 19.0 Å². The molecule has 6 heteroatoms. The molecule has 0 amide bonds. The Bertz CT molecular complexity index is 925. The number of hydrogen-bond donors (Lipinski definition) is 1. The molecular formula is C22H25N3O3. The van der Waals surface area contributed by atoms with Gasteiger partial charge in [-0.2, -0.15) is 0 Å². The number of nitrogens with zero attached hydrogens (tertiary/aromatic N) is 2. The minimum absolute atomic E-state index is 0.137. The Morgan fingerprint density at radius 1 is 1.00 bits per heavy atom. The summed E-state index contributed by atoms with van der Waals surface area (Å²) in [6.07, 6.45) is 5.52. The van der Waals surface area contributed by atoms with Gasteiger partial charge in [0.05, 0.1) is 18.0 Å². The molecular weight excluding hydrogens is 354 g/mol. The van der Waals surface area contributed by atoms with E-state index in [2.05, 4.69) is 9.97 Å². The Morgan fingerprint density at radius 3 is 2.54 bits per heavy atom. The van der Waals surface area contributed by atoms with Crippen LogP contribution < -0.4 is 19.9 Å². The van der Waals surface area contributed by atoms with E-state index in [-0.39, 0.29) is 12.1 Å². The molecule has 0 bridgehead atoms. The van der Waals surface area contributed by atoms with Crippen LogP contribution in [0.4, 0.5) is 0 Å². The fraction of sp³-hybridized carbons (Fsp3) is 0.364. The quantitative estimate of drug-likeness (QED) is 0.700. The van der Waals surface area contributed by atoms with E-state index >= 15 is 0 Å². The van der Waals surface area contributed by atoms with E-state index in [1.807, 2.05) is 42.5 Å². The van der Waals surface area contributed by atoms with E-state index in [0.717, 1.165) is 42.1 Å². The normalized spacial score (nSPS) is 19.4. The SMILES string of the molecule is COc1cc2c(OC3CCC(N)CC3)ncnc2cc1OCc1ccccc1. The number of benzene rings is 2. The van der Waals surface area contributed by atoms with Crippen LogP contribution in [0.15, 0.2) is 48.8 Å². The minimum atomic E-state index is 0.137. The number of rotatable bonds is 6. The fourth-order valence-electron chi connectivity index (χ4n) is 3.51. The number of hydrogen-bond acceptors (Lipinski definition) is 6. The van der Waals surface area contributed by atoms with E-state index in [1.54, 1.807) is 7.11 Å². The van der Waals surface area contributed by atoms with Crippen molar-refractivity contribution in [3.05, 3.63) is 54.4 Å². The summed E-state index contributed by atoms with van der Waals surface area (Å²) in [5, 5.41) is 0.821. The smallest absolute Gasteiger partial charge is 0.224 e. The first-order valence-corrected chi connectivity index (χ1v) is 9.64. The zero-order chi connectivity index (χ0) is 19.3. The van der Waals surface area contributed by atoms with Crippen molar-refractivity contribution in [3.8, 4) is 17.4 Å². The van der Waals surface area contributed by atoms with Crippen molar-refractivity contribution in [2.45, 2.75) is 44.4 Å². The van der Waals surface area contributed by atoms with E-state index in [0.29, 0.717) is 24.0 Å². The number of nitrogens with two attached hydrogens (primary N) is 1. The van der Waals surface area contributed by atoms with Gasteiger partial charge in [-0.25, -0.2) is 9.97 Å². The maximum absolute atomic E-state index is 6.18. The van der Waals surface area contributed by atoms with Crippen molar-refractivity contribution in [1.29, 1.82) is 0 Å². The monoisotopic (exact) mass is 379 g/mol. The van der Waals surface area contributed by atoms with E-state index in [4.69, 9.17) is 19.9 Å². The van der Waals surface area contributed by atoms with E-state index < -0.39 is 0 Å². The number of ether oxygens (including phenoxy) is 3. The van der Waals surface area contributed by atoms with Crippen molar-refractivity contribution in [2.24, 2.45) is 5.73 Å². The number of fused-ring (bicyclic) bond motifs is 1. The second-order valence-electron chi connectivity index (χ2n) is 7.13. The van der Waals surface area contributed by atoms with Crippen LogP contribution in [0, 0.1) is 0 Å². The predicted octanol–water partition coefficient (Wildman–Crippen LogP) is 3.87. The minimum Gasteiger partial charge on any atom is -0.493 e. The largest absolute Gasteiger partial charge is 0.493 e. The Kier molecular flexibility index (Phi) is 5.58. The molecule has 1 aliphatic rings. The first-order chi connectivity index (χ1) is 13.7. The van der Waals surface area contributed by atoms with Crippen LogP contribution in [0.1, 0.15) is 31.2 Å². The van der Waals surface area contributed by atoms with Crippen LogP contribution in [0.25, 0.3) is 10.9 Å². The molecule has 28 heavy (non-hydrogen) atoms. The molecule has 0 saturated heterocycles. The van der Waals surface area contributed by atoms with Crippen LogP contribution >= 0.6 is 0 Å². The second-order valence-corrected chi connectivity index (χ2v) is 7.13. The summed E-state index contributed by atoms with van der Waals surface area (Å²) in [5.74, 6) is 1.86. The van der Waals surface area contributed by atoms with Crippen molar-refractivity contribution in [1.82, 2.24) is 9.97 Å². The molecule has 0 unspecified atom stereocenters. The van der Waals surface area contributed by atoms with Gasteiger partial charge in [-0.3, -0.25) is 0 Å². The lowest BCUT2D eigenvalue weighted by Gasteiger charge is -2.26. The van der Waals surface area contributed by atoms with Gasteiger partial charge in [0.15, 0.2) is 11.5 Å². The summed E-state index contributed by atoms with van der Waals surface area (Å²) in [4.78, 5) is 8.75. The molecule has 6 nitrogen and oxygen atoms in total. The standard InChI is InChI=1S/C22H25N3O3/c1-26-20-11-18-19(12-21(20)27-13-15-5-3-2-4-6-15)24-14-25-22(18)28-17-9-7-16(23)8-10-17/h2-6,11-12,14,16-17H,7-10,13,23H2,1H3. The van der Waals surface area contributed by atoms with Gasteiger partial charge in [-0.1, -0.05) is 30.3 Å². The highest BCUT2D eigenvalue weighted by atomic mass is 16.5. The maximum Gasteiger partial charge on any atom is 0.224 e. The first kappa shape index (κ1) is 18.5. The molecule has 1 aliphatic carbocycles. The average molecular weight is 379 g/mol. The predicted molar refractivity (Wildman–Crippen MR) is 108 cm³/mol. The van der Waals surface area contributed by atoms with Crippen LogP contribution in [0.3, 0.4) is 0 Å². The summed E-state index contributed by atoms with van der Waals surface area (Å²) in [5.41, 5.74) is 7.85.